The Balaban J connectivity index is 1.54. The molecule has 1 aliphatic carbocycles. The van der Waals surface area contributed by atoms with Crippen molar-refractivity contribution in [2.75, 3.05) is 26.2 Å². The van der Waals surface area contributed by atoms with Gasteiger partial charge >= 0.3 is 0 Å². The lowest BCUT2D eigenvalue weighted by molar-refractivity contribution is -0.131. The van der Waals surface area contributed by atoms with E-state index >= 15 is 0 Å². The van der Waals surface area contributed by atoms with Crippen molar-refractivity contribution in [2.24, 2.45) is 0 Å². The van der Waals surface area contributed by atoms with Crippen LogP contribution in [0, 0.1) is 0 Å². The number of carbonyl (C=O) groups excluding carboxylic acids is 3. The van der Waals surface area contributed by atoms with Gasteiger partial charge in [-0.25, -0.2) is 0 Å². The molecule has 1 fully saturated rings. The van der Waals surface area contributed by atoms with E-state index in [-0.39, 0.29) is 31.3 Å². The fourth-order valence-electron chi connectivity index (χ4n) is 4.82. The minimum atomic E-state index is -0.829. The van der Waals surface area contributed by atoms with Crippen molar-refractivity contribution in [1.82, 2.24) is 21.3 Å². The molecule has 0 unspecified atom stereocenters. The van der Waals surface area contributed by atoms with Gasteiger partial charge in [-0.05, 0) is 36.6 Å². The Hall–Kier alpha value is -3.36. The molecular formula is C28H33ClN4O4. The summed E-state index contributed by atoms with van der Waals surface area (Å²) >= 11 is 6.12. The molecular weight excluding hydrogens is 492 g/mol. The molecule has 1 spiro atoms. The van der Waals surface area contributed by atoms with Gasteiger partial charge in [0.2, 0.25) is 17.7 Å². The first-order valence-electron chi connectivity index (χ1n) is 12.7. The quantitative estimate of drug-likeness (QED) is 0.483. The summed E-state index contributed by atoms with van der Waals surface area (Å²) in [5.74, 6) is -0.245. The van der Waals surface area contributed by atoms with Crippen LogP contribution in [0.4, 0.5) is 0 Å². The molecule has 196 valence electrons. The summed E-state index contributed by atoms with van der Waals surface area (Å²) in [6, 6.07) is 14.0. The molecule has 2 aromatic carbocycles. The van der Waals surface area contributed by atoms with Crippen LogP contribution in [0.5, 0.6) is 5.75 Å². The van der Waals surface area contributed by atoms with Crippen molar-refractivity contribution < 1.29 is 19.1 Å². The molecule has 1 aliphatic heterocycles. The predicted molar refractivity (Wildman–Crippen MR) is 143 cm³/mol. The second kappa shape index (κ2) is 12.7. The van der Waals surface area contributed by atoms with Gasteiger partial charge in [0.15, 0.2) is 0 Å². The normalized spacial score (nSPS) is 22.0. The Labute approximate surface area is 222 Å². The molecule has 8 nitrogen and oxygen atoms in total. The van der Waals surface area contributed by atoms with E-state index in [4.69, 9.17) is 16.3 Å². The Kier molecular flexibility index (Phi) is 9.19. The van der Waals surface area contributed by atoms with Gasteiger partial charge in [-0.15, -0.1) is 0 Å². The maximum atomic E-state index is 13.2. The highest BCUT2D eigenvalue weighted by atomic mass is 35.5. The third-order valence-corrected chi connectivity index (χ3v) is 6.95. The number of hydrogen-bond donors (Lipinski definition) is 4. The standard InChI is InChI=1S/C28H33ClN4O4/c29-22-10-5-7-20(17-22)18-23-26(35)30-14-6-9-21-8-1-2-11-24(21)37-16-15-32-28(12-3-4-13-28)27(36)31-19-25(34)33-23/h1-2,5-11,17,23,32H,3-4,12-16,18-19H2,(H,30,35)(H,31,36)(H,33,34)/b9-6+/t23-/m1/s1. The number of para-hydroxylation sites is 1. The van der Waals surface area contributed by atoms with Gasteiger partial charge in [-0.1, -0.05) is 66.9 Å². The Morgan fingerprint density at radius 3 is 2.62 bits per heavy atom. The highest BCUT2D eigenvalue weighted by Gasteiger charge is 2.40. The lowest BCUT2D eigenvalue weighted by Gasteiger charge is -2.29. The summed E-state index contributed by atoms with van der Waals surface area (Å²) in [7, 11) is 0. The third-order valence-electron chi connectivity index (χ3n) is 6.72. The molecule has 1 atom stereocenters. The largest absolute Gasteiger partial charge is 0.492 e. The molecule has 1 heterocycles. The van der Waals surface area contributed by atoms with Gasteiger partial charge in [-0.2, -0.15) is 0 Å². The molecule has 37 heavy (non-hydrogen) atoms. The molecule has 4 N–H and O–H groups in total. The monoisotopic (exact) mass is 524 g/mol. The van der Waals surface area contributed by atoms with Crippen molar-refractivity contribution in [3.63, 3.8) is 0 Å². The molecule has 2 aromatic rings. The van der Waals surface area contributed by atoms with Crippen molar-refractivity contribution >= 4 is 35.4 Å². The number of nitrogens with one attached hydrogen (secondary N) is 4. The van der Waals surface area contributed by atoms with E-state index in [9.17, 15) is 14.4 Å². The number of carbonyl (C=O) groups is 3. The second-order valence-electron chi connectivity index (χ2n) is 9.39. The van der Waals surface area contributed by atoms with E-state index in [0.29, 0.717) is 31.0 Å². The van der Waals surface area contributed by atoms with E-state index < -0.39 is 17.5 Å². The first kappa shape index (κ1) is 26.7. The van der Waals surface area contributed by atoms with E-state index in [2.05, 4.69) is 21.3 Å². The summed E-state index contributed by atoms with van der Waals surface area (Å²) < 4.78 is 5.99. The fourth-order valence-corrected chi connectivity index (χ4v) is 5.03. The van der Waals surface area contributed by atoms with Crippen LogP contribution < -0.4 is 26.0 Å². The first-order valence-corrected chi connectivity index (χ1v) is 13.1. The molecule has 0 aromatic heterocycles. The van der Waals surface area contributed by atoms with Gasteiger partial charge in [0, 0.05) is 30.1 Å². The SMILES string of the molecule is O=C1CNC(=O)C2(CCCC2)NCCOc2ccccc2/C=C/CNC(=O)[C@@H](Cc2cccc(Cl)c2)N1. The van der Waals surface area contributed by atoms with Gasteiger partial charge in [0.05, 0.1) is 12.1 Å². The zero-order valence-corrected chi connectivity index (χ0v) is 21.5. The summed E-state index contributed by atoms with van der Waals surface area (Å²) in [6.45, 7) is 0.943. The molecule has 0 saturated heterocycles. The van der Waals surface area contributed by atoms with E-state index in [1.165, 1.54) is 0 Å². The van der Waals surface area contributed by atoms with Gasteiger partial charge < -0.3 is 20.7 Å². The number of halogens is 1. The number of benzene rings is 2. The van der Waals surface area contributed by atoms with Crippen LogP contribution in [0.15, 0.2) is 54.6 Å². The average Bonchev–Trinajstić information content (AvgIpc) is 3.37. The van der Waals surface area contributed by atoms with Crippen LogP contribution in [0.3, 0.4) is 0 Å². The van der Waals surface area contributed by atoms with Crippen molar-refractivity contribution in [3.8, 4) is 5.75 Å². The van der Waals surface area contributed by atoms with E-state index in [0.717, 1.165) is 29.7 Å². The van der Waals surface area contributed by atoms with Crippen LogP contribution in [-0.4, -0.2) is 55.5 Å². The molecule has 0 radical (unpaired) electrons. The minimum absolute atomic E-state index is 0.208. The summed E-state index contributed by atoms with van der Waals surface area (Å²) in [6.07, 6.45) is 7.25. The number of ether oxygens (including phenoxy) is 1. The smallest absolute Gasteiger partial charge is 0.243 e. The first-order chi connectivity index (χ1) is 17.9. The lowest BCUT2D eigenvalue weighted by atomic mass is 9.96. The number of fused-ring (bicyclic) bond motifs is 1. The molecule has 4 rings (SSSR count). The molecule has 2 aliphatic rings. The average molecular weight is 525 g/mol. The van der Waals surface area contributed by atoms with Crippen LogP contribution in [0.25, 0.3) is 6.08 Å². The summed E-state index contributed by atoms with van der Waals surface area (Å²) in [5.41, 5.74) is 0.969. The highest BCUT2D eigenvalue weighted by Crippen LogP contribution is 2.30. The Bertz CT molecular complexity index is 1150. The molecule has 1 saturated carbocycles. The van der Waals surface area contributed by atoms with Crippen molar-refractivity contribution in [3.05, 3.63) is 70.8 Å². The zero-order chi connectivity index (χ0) is 26.1. The molecule has 3 amide bonds. The number of amides is 3. The summed E-state index contributed by atoms with van der Waals surface area (Å²) in [5, 5.41) is 12.4. The maximum absolute atomic E-state index is 13.2. The van der Waals surface area contributed by atoms with Crippen molar-refractivity contribution in [2.45, 2.75) is 43.7 Å². The Morgan fingerprint density at radius 1 is 1.00 bits per heavy atom. The third kappa shape index (κ3) is 7.33. The van der Waals surface area contributed by atoms with Crippen molar-refractivity contribution in [1.29, 1.82) is 0 Å². The van der Waals surface area contributed by atoms with Gasteiger partial charge in [0.25, 0.3) is 0 Å². The van der Waals surface area contributed by atoms with Gasteiger partial charge in [-0.3, -0.25) is 19.7 Å². The number of rotatable bonds is 2. The topological polar surface area (TPSA) is 109 Å². The zero-order valence-electron chi connectivity index (χ0n) is 20.7. The summed E-state index contributed by atoms with van der Waals surface area (Å²) in [4.78, 5) is 39.0. The van der Waals surface area contributed by atoms with Crippen LogP contribution >= 0.6 is 11.6 Å². The van der Waals surface area contributed by atoms with Gasteiger partial charge in [0.1, 0.15) is 18.4 Å². The second-order valence-corrected chi connectivity index (χ2v) is 9.82. The van der Waals surface area contributed by atoms with Crippen LogP contribution in [0.1, 0.15) is 36.8 Å². The van der Waals surface area contributed by atoms with Crippen LogP contribution in [-0.2, 0) is 20.8 Å². The molecule has 9 heteroatoms. The highest BCUT2D eigenvalue weighted by molar-refractivity contribution is 6.30. The minimum Gasteiger partial charge on any atom is -0.492 e. The van der Waals surface area contributed by atoms with Crippen LogP contribution in [0.2, 0.25) is 5.02 Å². The maximum Gasteiger partial charge on any atom is 0.243 e. The lowest BCUT2D eigenvalue weighted by Crippen LogP contribution is -2.58. The Morgan fingerprint density at radius 2 is 1.81 bits per heavy atom. The molecule has 0 bridgehead atoms. The van der Waals surface area contributed by atoms with E-state index in [1.807, 2.05) is 42.5 Å². The fraction of sp³-hybridized carbons (Fsp3) is 0.393. The predicted octanol–water partition coefficient (Wildman–Crippen LogP) is 2.61. The number of hydrogen-bond acceptors (Lipinski definition) is 5. The van der Waals surface area contributed by atoms with E-state index in [1.54, 1.807) is 18.2 Å².